The number of nitrogens with zero attached hydrogens (tertiary/aromatic N) is 1. The van der Waals surface area contributed by atoms with Gasteiger partial charge in [0.2, 0.25) is 18.3 Å². The van der Waals surface area contributed by atoms with Crippen molar-refractivity contribution in [3.05, 3.63) is 10.0 Å². The molecule has 7 nitrogen and oxygen atoms in total. The number of aliphatic hydroxyl groups is 1. The molecule has 0 saturated carbocycles. The van der Waals surface area contributed by atoms with Crippen molar-refractivity contribution in [2.45, 2.75) is 18.9 Å². The zero-order chi connectivity index (χ0) is 15.7. The summed E-state index contributed by atoms with van der Waals surface area (Å²) < 4.78 is 22.6. The Balaban J connectivity index is 1.96. The van der Waals surface area contributed by atoms with Crippen LogP contribution in [-0.2, 0) is 11.3 Å². The first-order valence-electron chi connectivity index (χ1n) is 6.73. The quantitative estimate of drug-likeness (QED) is 0.848. The standard InChI is InChI=1S/C14H16BrNO6/c1-18-11-9(4-8-3-7(5-17)16-22-8)10(15)12(19-2)14-13(11)20-6-21-14/h8,17H,3-6H2,1-2H3. The lowest BCUT2D eigenvalue weighted by molar-refractivity contribution is 0.0851. The van der Waals surface area contributed by atoms with E-state index in [4.69, 9.17) is 28.9 Å². The lowest BCUT2D eigenvalue weighted by Gasteiger charge is -2.18. The maximum absolute atomic E-state index is 9.11. The summed E-state index contributed by atoms with van der Waals surface area (Å²) in [5.41, 5.74) is 1.48. The average Bonchev–Trinajstić information content (AvgIpc) is 3.17. The summed E-state index contributed by atoms with van der Waals surface area (Å²) in [7, 11) is 3.14. The first-order chi connectivity index (χ1) is 10.7. The lowest BCUT2D eigenvalue weighted by Crippen LogP contribution is -2.14. The van der Waals surface area contributed by atoms with Gasteiger partial charge in [0.25, 0.3) is 0 Å². The summed E-state index contributed by atoms with van der Waals surface area (Å²) in [6.07, 6.45) is 0.935. The molecule has 1 unspecified atom stereocenters. The number of oxime groups is 1. The highest BCUT2D eigenvalue weighted by atomic mass is 79.9. The third-order valence-corrected chi connectivity index (χ3v) is 4.42. The van der Waals surface area contributed by atoms with E-state index in [1.807, 2.05) is 0 Å². The molecule has 0 aliphatic carbocycles. The van der Waals surface area contributed by atoms with E-state index in [9.17, 15) is 0 Å². The Bertz CT molecular complexity index is 618. The monoisotopic (exact) mass is 373 g/mol. The summed E-state index contributed by atoms with van der Waals surface area (Å²) in [6, 6.07) is 0. The second-order valence-electron chi connectivity index (χ2n) is 4.88. The van der Waals surface area contributed by atoms with E-state index in [0.717, 1.165) is 10.0 Å². The van der Waals surface area contributed by atoms with Crippen LogP contribution in [0.2, 0.25) is 0 Å². The number of rotatable bonds is 5. The third kappa shape index (κ3) is 2.46. The van der Waals surface area contributed by atoms with Gasteiger partial charge in [-0.25, -0.2) is 0 Å². The van der Waals surface area contributed by atoms with Gasteiger partial charge in [0.1, 0.15) is 6.10 Å². The van der Waals surface area contributed by atoms with E-state index in [2.05, 4.69) is 21.1 Å². The van der Waals surface area contributed by atoms with Crippen molar-refractivity contribution in [1.82, 2.24) is 0 Å². The van der Waals surface area contributed by atoms with Gasteiger partial charge in [0.15, 0.2) is 11.5 Å². The van der Waals surface area contributed by atoms with Gasteiger partial charge in [0, 0.05) is 18.4 Å². The normalized spacial score (nSPS) is 18.9. The molecular weight excluding hydrogens is 358 g/mol. The van der Waals surface area contributed by atoms with Crippen molar-refractivity contribution in [2.24, 2.45) is 5.16 Å². The van der Waals surface area contributed by atoms with E-state index < -0.39 is 0 Å². The smallest absolute Gasteiger partial charge is 0.231 e. The van der Waals surface area contributed by atoms with Gasteiger partial charge in [-0.2, -0.15) is 0 Å². The van der Waals surface area contributed by atoms with Crippen molar-refractivity contribution in [1.29, 1.82) is 0 Å². The molecule has 0 radical (unpaired) electrons. The number of hydrogen-bond donors (Lipinski definition) is 1. The molecule has 120 valence electrons. The van der Waals surface area contributed by atoms with E-state index in [1.165, 1.54) is 0 Å². The Morgan fingerprint density at radius 2 is 1.91 bits per heavy atom. The fourth-order valence-corrected chi connectivity index (χ4v) is 3.27. The van der Waals surface area contributed by atoms with Gasteiger partial charge >= 0.3 is 0 Å². The summed E-state index contributed by atoms with van der Waals surface area (Å²) in [4.78, 5) is 5.35. The molecule has 3 rings (SSSR count). The van der Waals surface area contributed by atoms with Crippen LogP contribution in [0.5, 0.6) is 23.0 Å². The van der Waals surface area contributed by atoms with Crippen LogP contribution < -0.4 is 18.9 Å². The zero-order valence-corrected chi connectivity index (χ0v) is 13.8. The average molecular weight is 374 g/mol. The molecule has 2 aliphatic heterocycles. The highest BCUT2D eigenvalue weighted by Crippen LogP contribution is 2.54. The molecular formula is C14H16BrNO6. The number of hydrogen-bond acceptors (Lipinski definition) is 7. The number of fused-ring (bicyclic) bond motifs is 1. The number of benzene rings is 1. The highest BCUT2D eigenvalue weighted by molar-refractivity contribution is 9.10. The minimum atomic E-state index is -0.169. The van der Waals surface area contributed by atoms with Crippen molar-refractivity contribution in [3.8, 4) is 23.0 Å². The number of methoxy groups -OCH3 is 2. The molecule has 1 aromatic rings. The lowest BCUT2D eigenvalue weighted by atomic mass is 10.0. The molecule has 1 aromatic carbocycles. The Morgan fingerprint density at radius 3 is 2.50 bits per heavy atom. The van der Waals surface area contributed by atoms with Gasteiger partial charge in [-0.15, -0.1) is 0 Å². The van der Waals surface area contributed by atoms with Crippen LogP contribution in [0.15, 0.2) is 9.63 Å². The zero-order valence-electron chi connectivity index (χ0n) is 12.2. The first kappa shape index (κ1) is 15.2. The van der Waals surface area contributed by atoms with Crippen LogP contribution in [0.25, 0.3) is 0 Å². The van der Waals surface area contributed by atoms with Crippen LogP contribution in [0, 0.1) is 0 Å². The summed E-state index contributed by atoms with van der Waals surface area (Å²) >= 11 is 3.54. The van der Waals surface area contributed by atoms with Gasteiger partial charge in [-0.3, -0.25) is 0 Å². The topological polar surface area (TPSA) is 78.7 Å². The number of aliphatic hydroxyl groups excluding tert-OH is 1. The van der Waals surface area contributed by atoms with Crippen molar-refractivity contribution in [2.75, 3.05) is 27.6 Å². The Hall–Kier alpha value is -1.67. The Morgan fingerprint density at radius 1 is 1.23 bits per heavy atom. The van der Waals surface area contributed by atoms with Crippen molar-refractivity contribution < 1.29 is 28.9 Å². The second-order valence-corrected chi connectivity index (χ2v) is 5.67. The maximum atomic E-state index is 9.11. The Kier molecular flexibility index (Phi) is 4.30. The highest BCUT2D eigenvalue weighted by Gasteiger charge is 2.33. The number of ether oxygens (including phenoxy) is 4. The summed E-state index contributed by atoms with van der Waals surface area (Å²) in [5.74, 6) is 2.19. The minimum absolute atomic E-state index is 0.0980. The largest absolute Gasteiger partial charge is 0.492 e. The summed E-state index contributed by atoms with van der Waals surface area (Å²) in [5, 5.41) is 13.0. The molecule has 1 atom stereocenters. The van der Waals surface area contributed by atoms with Crippen molar-refractivity contribution in [3.63, 3.8) is 0 Å². The predicted molar refractivity (Wildman–Crippen MR) is 81.1 cm³/mol. The van der Waals surface area contributed by atoms with Gasteiger partial charge < -0.3 is 28.9 Å². The molecule has 22 heavy (non-hydrogen) atoms. The number of halogens is 1. The van der Waals surface area contributed by atoms with Crippen LogP contribution in [0.1, 0.15) is 12.0 Å². The molecule has 2 aliphatic rings. The van der Waals surface area contributed by atoms with Gasteiger partial charge in [-0.1, -0.05) is 5.16 Å². The SMILES string of the molecule is COc1c(Br)c(CC2CC(CO)=NO2)c(OC)c2c1OCO2. The van der Waals surface area contributed by atoms with E-state index in [-0.39, 0.29) is 19.5 Å². The Labute approximate surface area is 135 Å². The van der Waals surface area contributed by atoms with Crippen LogP contribution in [-0.4, -0.2) is 44.5 Å². The van der Waals surface area contributed by atoms with E-state index >= 15 is 0 Å². The van der Waals surface area contributed by atoms with E-state index in [1.54, 1.807) is 14.2 Å². The predicted octanol–water partition coefficient (Wildman–Crippen LogP) is 1.87. The summed E-state index contributed by atoms with van der Waals surface area (Å²) in [6.45, 7) is 0.0227. The van der Waals surface area contributed by atoms with Crippen LogP contribution in [0.4, 0.5) is 0 Å². The van der Waals surface area contributed by atoms with Gasteiger partial charge in [-0.05, 0) is 15.9 Å². The van der Waals surface area contributed by atoms with Crippen molar-refractivity contribution >= 4 is 21.6 Å². The molecule has 0 amide bonds. The molecule has 8 heteroatoms. The first-order valence-corrected chi connectivity index (χ1v) is 7.53. The molecule has 1 N–H and O–H groups in total. The maximum Gasteiger partial charge on any atom is 0.231 e. The molecule has 0 spiro atoms. The molecule has 2 heterocycles. The fraction of sp³-hybridized carbons (Fsp3) is 0.500. The fourth-order valence-electron chi connectivity index (χ4n) is 2.59. The molecule has 0 bridgehead atoms. The van der Waals surface area contributed by atoms with Crippen LogP contribution in [0.3, 0.4) is 0 Å². The third-order valence-electron chi connectivity index (χ3n) is 3.58. The van der Waals surface area contributed by atoms with Gasteiger partial charge in [0.05, 0.1) is 31.0 Å². The van der Waals surface area contributed by atoms with Crippen LogP contribution >= 0.6 is 15.9 Å². The molecule has 0 fully saturated rings. The molecule has 0 aromatic heterocycles. The minimum Gasteiger partial charge on any atom is -0.492 e. The van der Waals surface area contributed by atoms with E-state index in [0.29, 0.717) is 41.6 Å². The second kappa shape index (κ2) is 6.21. The molecule has 0 saturated heterocycles.